The lowest BCUT2D eigenvalue weighted by molar-refractivity contribution is -0.138. The third-order valence-electron chi connectivity index (χ3n) is 2.72. The van der Waals surface area contributed by atoms with Gasteiger partial charge in [-0.1, -0.05) is 29.2 Å². The minimum atomic E-state index is -0.429. The molecule has 0 aliphatic carbocycles. The van der Waals surface area contributed by atoms with E-state index in [0.29, 0.717) is 28.7 Å². The fourth-order valence-electron chi connectivity index (χ4n) is 1.70. The third kappa shape index (κ3) is 4.96. The van der Waals surface area contributed by atoms with Crippen molar-refractivity contribution in [2.75, 3.05) is 30.8 Å². The first-order chi connectivity index (χ1) is 11.1. The molecule has 1 aliphatic rings. The van der Waals surface area contributed by atoms with E-state index in [2.05, 4.69) is 32.7 Å². The normalized spacial score (nSPS) is 14.0. The Bertz CT molecular complexity index is 629. The van der Waals surface area contributed by atoms with E-state index in [-0.39, 0.29) is 19.2 Å². The average molecular weight is 355 g/mol. The molecule has 1 aromatic heterocycles. The third-order valence-corrected chi connectivity index (χ3v) is 4.76. The van der Waals surface area contributed by atoms with Gasteiger partial charge in [-0.25, -0.2) is 9.59 Å². The number of nitrogens with one attached hydrogen (secondary N) is 3. The predicted octanol–water partition coefficient (Wildman–Crippen LogP) is 1.36. The molecule has 0 aromatic carbocycles. The van der Waals surface area contributed by atoms with Crippen LogP contribution in [0.15, 0.2) is 28.3 Å². The number of carbonyl (C=O) groups is 2. The highest BCUT2D eigenvalue weighted by Crippen LogP contribution is 2.27. The first kappa shape index (κ1) is 17.3. The minimum Gasteiger partial charge on any atom is -0.463 e. The van der Waals surface area contributed by atoms with Crippen molar-refractivity contribution in [3.8, 4) is 0 Å². The first-order valence-electron chi connectivity index (χ1n) is 6.89. The van der Waals surface area contributed by atoms with Gasteiger partial charge in [0.1, 0.15) is 0 Å². The smallest absolute Gasteiger partial charge is 0.337 e. The predicted molar refractivity (Wildman–Crippen MR) is 89.5 cm³/mol. The summed E-state index contributed by atoms with van der Waals surface area (Å²) in [5.41, 5.74) is 0.960. The maximum atomic E-state index is 11.9. The summed E-state index contributed by atoms with van der Waals surface area (Å²) in [4.78, 5) is 23.4. The number of hydrogen-bond acceptors (Lipinski definition) is 8. The van der Waals surface area contributed by atoms with Gasteiger partial charge in [0.05, 0.1) is 18.7 Å². The highest BCUT2D eigenvalue weighted by atomic mass is 32.2. The average Bonchev–Trinajstić information content (AvgIpc) is 2.99. The van der Waals surface area contributed by atoms with Crippen molar-refractivity contribution >= 4 is 40.2 Å². The largest absolute Gasteiger partial charge is 0.463 e. The minimum absolute atomic E-state index is 0.156. The Hall–Kier alpha value is -2.07. The van der Waals surface area contributed by atoms with Crippen LogP contribution in [-0.2, 0) is 9.53 Å². The van der Waals surface area contributed by atoms with Gasteiger partial charge >= 0.3 is 12.0 Å². The van der Waals surface area contributed by atoms with Crippen molar-refractivity contribution in [1.29, 1.82) is 0 Å². The van der Waals surface area contributed by atoms with E-state index in [0.717, 1.165) is 4.34 Å². The molecule has 2 rings (SSSR count). The Balaban J connectivity index is 2.02. The Labute approximate surface area is 141 Å². The number of nitrogens with zero attached hydrogens (tertiary/aromatic N) is 2. The second-order valence-corrected chi connectivity index (χ2v) is 6.52. The SMILES string of the molecule is C=CCNc1nnc(SCC2=C(C(=O)OCC)CNC(=O)N2)s1. The summed E-state index contributed by atoms with van der Waals surface area (Å²) in [5.74, 6) is -0.0290. The number of ether oxygens (including phenoxy) is 1. The van der Waals surface area contributed by atoms with Gasteiger partial charge in [0, 0.05) is 18.0 Å². The number of thioether (sulfide) groups is 1. The van der Waals surface area contributed by atoms with Crippen molar-refractivity contribution in [1.82, 2.24) is 20.8 Å². The van der Waals surface area contributed by atoms with Crippen LogP contribution in [0.25, 0.3) is 0 Å². The molecule has 0 saturated carbocycles. The maximum Gasteiger partial charge on any atom is 0.337 e. The highest BCUT2D eigenvalue weighted by molar-refractivity contribution is 8.01. The molecule has 23 heavy (non-hydrogen) atoms. The summed E-state index contributed by atoms with van der Waals surface area (Å²) < 4.78 is 5.74. The highest BCUT2D eigenvalue weighted by Gasteiger charge is 2.23. The Kier molecular flexibility index (Phi) is 6.41. The van der Waals surface area contributed by atoms with Crippen LogP contribution < -0.4 is 16.0 Å². The van der Waals surface area contributed by atoms with Gasteiger partial charge in [-0.2, -0.15) is 0 Å². The van der Waals surface area contributed by atoms with Gasteiger partial charge < -0.3 is 20.7 Å². The van der Waals surface area contributed by atoms with Gasteiger partial charge in [-0.15, -0.1) is 16.8 Å². The van der Waals surface area contributed by atoms with Gasteiger partial charge in [-0.05, 0) is 6.92 Å². The standard InChI is InChI=1S/C13H17N5O3S2/c1-3-5-14-12-17-18-13(23-12)22-7-9-8(10(19)21-4-2)6-15-11(20)16-9/h3H,1,4-7H2,2H3,(H,14,17)(H2,15,16,20). The van der Waals surface area contributed by atoms with E-state index >= 15 is 0 Å². The number of carbonyl (C=O) groups excluding carboxylic acids is 2. The van der Waals surface area contributed by atoms with Crippen LogP contribution in [0.3, 0.4) is 0 Å². The monoisotopic (exact) mass is 355 g/mol. The molecule has 0 saturated heterocycles. The van der Waals surface area contributed by atoms with Crippen molar-refractivity contribution < 1.29 is 14.3 Å². The topological polar surface area (TPSA) is 105 Å². The summed E-state index contributed by atoms with van der Waals surface area (Å²) in [6, 6.07) is -0.334. The Morgan fingerprint density at radius 3 is 3.13 bits per heavy atom. The molecule has 0 atom stereocenters. The fourth-order valence-corrected chi connectivity index (χ4v) is 3.45. The van der Waals surface area contributed by atoms with Gasteiger partial charge in [0.25, 0.3) is 0 Å². The summed E-state index contributed by atoms with van der Waals surface area (Å²) in [6.45, 7) is 6.41. The first-order valence-corrected chi connectivity index (χ1v) is 8.69. The molecule has 0 unspecified atom stereocenters. The van der Waals surface area contributed by atoms with E-state index < -0.39 is 5.97 Å². The molecule has 0 spiro atoms. The molecule has 0 bridgehead atoms. The van der Waals surface area contributed by atoms with Crippen LogP contribution in [0.5, 0.6) is 0 Å². The molecule has 0 radical (unpaired) electrons. The number of aromatic nitrogens is 2. The molecule has 2 amide bonds. The Morgan fingerprint density at radius 2 is 2.39 bits per heavy atom. The Morgan fingerprint density at radius 1 is 1.57 bits per heavy atom. The summed E-state index contributed by atoms with van der Waals surface area (Å²) in [6.07, 6.45) is 1.73. The molecule has 1 aliphatic heterocycles. The van der Waals surface area contributed by atoms with Crippen molar-refractivity contribution in [2.45, 2.75) is 11.3 Å². The van der Waals surface area contributed by atoms with E-state index in [4.69, 9.17) is 4.74 Å². The van der Waals surface area contributed by atoms with Crippen molar-refractivity contribution in [3.05, 3.63) is 23.9 Å². The van der Waals surface area contributed by atoms with E-state index in [1.54, 1.807) is 13.0 Å². The van der Waals surface area contributed by atoms with E-state index in [9.17, 15) is 9.59 Å². The van der Waals surface area contributed by atoms with E-state index in [1.807, 2.05) is 0 Å². The number of amides is 2. The zero-order valence-corrected chi connectivity index (χ0v) is 14.2. The fraction of sp³-hybridized carbons (Fsp3) is 0.385. The molecular formula is C13H17N5O3S2. The van der Waals surface area contributed by atoms with Crippen LogP contribution in [0, 0.1) is 0 Å². The molecular weight excluding hydrogens is 338 g/mol. The molecule has 2 heterocycles. The summed E-state index contributed by atoms with van der Waals surface area (Å²) in [5, 5.41) is 17.0. The number of urea groups is 1. The molecule has 1 aromatic rings. The van der Waals surface area contributed by atoms with Gasteiger partial charge in [0.15, 0.2) is 4.34 Å². The summed E-state index contributed by atoms with van der Waals surface area (Å²) in [7, 11) is 0. The van der Waals surface area contributed by atoms with Crippen molar-refractivity contribution in [3.63, 3.8) is 0 Å². The number of hydrogen-bond donors (Lipinski definition) is 3. The van der Waals surface area contributed by atoms with Crippen LogP contribution in [0.4, 0.5) is 9.93 Å². The zero-order valence-electron chi connectivity index (χ0n) is 12.5. The van der Waals surface area contributed by atoms with Crippen LogP contribution >= 0.6 is 23.1 Å². The van der Waals surface area contributed by atoms with Gasteiger partial charge in [-0.3, -0.25) is 0 Å². The zero-order chi connectivity index (χ0) is 16.7. The lowest BCUT2D eigenvalue weighted by atomic mass is 10.2. The molecule has 124 valence electrons. The van der Waals surface area contributed by atoms with Crippen molar-refractivity contribution in [2.24, 2.45) is 0 Å². The maximum absolute atomic E-state index is 11.9. The quantitative estimate of drug-likeness (QED) is 0.367. The molecule has 8 nitrogen and oxygen atoms in total. The molecule has 3 N–H and O–H groups in total. The molecule has 10 heteroatoms. The second kappa shape index (κ2) is 8.53. The van der Waals surface area contributed by atoms with Crippen LogP contribution in [0.2, 0.25) is 0 Å². The van der Waals surface area contributed by atoms with Crippen LogP contribution in [-0.4, -0.2) is 47.6 Å². The number of esters is 1. The second-order valence-electron chi connectivity index (χ2n) is 4.32. The molecule has 0 fully saturated rings. The lowest BCUT2D eigenvalue weighted by Gasteiger charge is -2.20. The van der Waals surface area contributed by atoms with E-state index in [1.165, 1.54) is 23.1 Å². The number of rotatable bonds is 8. The number of anilines is 1. The van der Waals surface area contributed by atoms with Gasteiger partial charge in [0.2, 0.25) is 5.13 Å². The lowest BCUT2D eigenvalue weighted by Crippen LogP contribution is -2.44. The van der Waals surface area contributed by atoms with Crippen LogP contribution in [0.1, 0.15) is 6.92 Å². The summed E-state index contributed by atoms with van der Waals surface area (Å²) >= 11 is 2.79.